The van der Waals surface area contributed by atoms with Crippen molar-refractivity contribution in [2.75, 3.05) is 6.61 Å². The molecule has 0 aromatic heterocycles. The standard InChI is InChI=1S/C8H18O4S.Na.H2O4S.H/c1-8(2)6-4-3-5-7-12-13(9,10)11;;1-5(2,3)4;/h8H,3-7H2,1-2H3,(H,9,10,11);;(H2,1,2,3,4);/q;+1;;-1. The molecule has 0 rings (SSSR count). The second-order valence-electron chi connectivity index (χ2n) is 3.94. The molecule has 114 valence electrons. The quantitative estimate of drug-likeness (QED) is 0.290. The van der Waals surface area contributed by atoms with Crippen LogP contribution in [0.5, 0.6) is 0 Å². The maximum absolute atomic E-state index is 10.1. The number of rotatable bonds is 7. The van der Waals surface area contributed by atoms with Crippen LogP contribution in [-0.2, 0) is 25.0 Å². The molecule has 0 aliphatic carbocycles. The van der Waals surface area contributed by atoms with Gasteiger partial charge < -0.3 is 1.43 Å². The molecule has 0 spiro atoms. The summed E-state index contributed by atoms with van der Waals surface area (Å²) < 4.78 is 64.2. The van der Waals surface area contributed by atoms with Crippen LogP contribution in [0.2, 0.25) is 0 Å². The Morgan fingerprint density at radius 3 is 1.74 bits per heavy atom. The van der Waals surface area contributed by atoms with Crippen LogP contribution in [0, 0.1) is 5.92 Å². The Balaban J connectivity index is -0.000000158. The third-order valence-electron chi connectivity index (χ3n) is 1.66. The van der Waals surface area contributed by atoms with Crippen LogP contribution in [0.1, 0.15) is 41.0 Å². The summed E-state index contributed by atoms with van der Waals surface area (Å²) in [6.45, 7) is 4.38. The summed E-state index contributed by atoms with van der Waals surface area (Å²) in [6.07, 6.45) is 3.83. The molecule has 0 aliphatic heterocycles. The minimum absolute atomic E-state index is 0. The van der Waals surface area contributed by atoms with Crippen molar-refractivity contribution < 1.29 is 65.7 Å². The fourth-order valence-electron chi connectivity index (χ4n) is 0.996. The third-order valence-corrected chi connectivity index (χ3v) is 2.12. The van der Waals surface area contributed by atoms with Gasteiger partial charge in [0.25, 0.3) is 0 Å². The SMILES string of the molecule is CC(C)CCCCCOS(=O)(=O)O.O=S(=O)(O)O.[H-].[Na+]. The van der Waals surface area contributed by atoms with E-state index in [2.05, 4.69) is 18.0 Å². The smallest absolute Gasteiger partial charge is 1.00 e. The Bertz CT molecular complexity index is 387. The molecule has 3 N–H and O–H groups in total. The first-order chi connectivity index (χ1) is 7.92. The molecule has 0 bridgehead atoms. The molecule has 0 unspecified atom stereocenters. The van der Waals surface area contributed by atoms with Gasteiger partial charge in [-0.3, -0.25) is 13.7 Å². The molecule has 0 radical (unpaired) electrons. The first-order valence-electron chi connectivity index (χ1n) is 5.23. The summed E-state index contributed by atoms with van der Waals surface area (Å²) in [5.74, 6) is 0.683. The van der Waals surface area contributed by atoms with Gasteiger partial charge in [0.1, 0.15) is 0 Å². The van der Waals surface area contributed by atoms with E-state index in [0.717, 1.165) is 19.3 Å². The molecular formula is C8H21NaO8S2. The van der Waals surface area contributed by atoms with Gasteiger partial charge >= 0.3 is 50.4 Å². The van der Waals surface area contributed by atoms with E-state index in [0.29, 0.717) is 12.3 Å². The van der Waals surface area contributed by atoms with E-state index in [1.54, 1.807) is 0 Å². The minimum Gasteiger partial charge on any atom is -1.00 e. The van der Waals surface area contributed by atoms with E-state index in [1.807, 2.05) is 0 Å². The fraction of sp³-hybridized carbons (Fsp3) is 1.00. The van der Waals surface area contributed by atoms with Crippen LogP contribution in [0.3, 0.4) is 0 Å². The van der Waals surface area contributed by atoms with Gasteiger partial charge in [0, 0.05) is 0 Å². The van der Waals surface area contributed by atoms with E-state index in [4.69, 9.17) is 22.1 Å². The average Bonchev–Trinajstić information content (AvgIpc) is 2.05. The molecular weight excluding hydrogens is 311 g/mol. The van der Waals surface area contributed by atoms with Crippen molar-refractivity contribution in [2.24, 2.45) is 5.92 Å². The summed E-state index contributed by atoms with van der Waals surface area (Å²) in [5.41, 5.74) is 0. The van der Waals surface area contributed by atoms with E-state index >= 15 is 0 Å². The second kappa shape index (κ2) is 12.5. The second-order valence-corrected chi connectivity index (χ2v) is 5.93. The van der Waals surface area contributed by atoms with E-state index in [1.165, 1.54) is 0 Å². The molecule has 0 aromatic carbocycles. The predicted molar refractivity (Wildman–Crippen MR) is 66.1 cm³/mol. The first-order valence-corrected chi connectivity index (χ1v) is 7.99. The summed E-state index contributed by atoms with van der Waals surface area (Å²) in [4.78, 5) is 0. The van der Waals surface area contributed by atoms with Gasteiger partial charge in [0.2, 0.25) is 0 Å². The summed E-state index contributed by atoms with van der Waals surface area (Å²) in [7, 11) is -8.89. The fourth-order valence-corrected chi connectivity index (χ4v) is 1.32. The molecule has 8 nitrogen and oxygen atoms in total. The van der Waals surface area contributed by atoms with Gasteiger partial charge in [-0.05, 0) is 12.3 Å². The van der Waals surface area contributed by atoms with E-state index in [9.17, 15) is 8.42 Å². The van der Waals surface area contributed by atoms with Crippen molar-refractivity contribution in [2.45, 2.75) is 39.5 Å². The molecule has 0 fully saturated rings. The molecule has 0 heterocycles. The molecule has 0 amide bonds. The van der Waals surface area contributed by atoms with Crippen LogP contribution in [0.4, 0.5) is 0 Å². The number of unbranched alkanes of at least 4 members (excludes halogenated alkanes) is 2. The van der Waals surface area contributed by atoms with Crippen LogP contribution >= 0.6 is 0 Å². The van der Waals surface area contributed by atoms with Crippen LogP contribution in [0.15, 0.2) is 0 Å². The van der Waals surface area contributed by atoms with Gasteiger partial charge in [-0.2, -0.15) is 16.8 Å². The summed E-state index contributed by atoms with van der Waals surface area (Å²) >= 11 is 0. The Morgan fingerprint density at radius 1 is 1.00 bits per heavy atom. The molecule has 11 heteroatoms. The van der Waals surface area contributed by atoms with Crippen LogP contribution in [-0.4, -0.2) is 37.1 Å². The van der Waals surface area contributed by atoms with Gasteiger partial charge in [0.05, 0.1) is 6.61 Å². The maximum atomic E-state index is 10.1. The topological polar surface area (TPSA) is 138 Å². The van der Waals surface area contributed by atoms with Gasteiger partial charge in [-0.15, -0.1) is 0 Å². The third kappa shape index (κ3) is 45.5. The van der Waals surface area contributed by atoms with Crippen molar-refractivity contribution in [3.63, 3.8) is 0 Å². The Hall–Kier alpha value is 0.740. The van der Waals surface area contributed by atoms with Crippen LogP contribution < -0.4 is 29.6 Å². The Morgan fingerprint density at radius 2 is 1.42 bits per heavy atom. The van der Waals surface area contributed by atoms with Gasteiger partial charge in [-0.1, -0.05) is 33.1 Å². The predicted octanol–water partition coefficient (Wildman–Crippen LogP) is -1.51. The van der Waals surface area contributed by atoms with Crippen molar-refractivity contribution in [3.05, 3.63) is 0 Å². The first kappa shape index (κ1) is 24.7. The Kier molecular flexibility index (Phi) is 16.2. The molecule has 0 atom stereocenters. The number of hydrogen-bond acceptors (Lipinski definition) is 5. The largest absolute Gasteiger partial charge is 1.00 e. The minimum atomic E-state index is -4.67. The monoisotopic (exact) mass is 332 g/mol. The maximum Gasteiger partial charge on any atom is 1.00 e. The summed E-state index contributed by atoms with van der Waals surface area (Å²) in [5, 5.41) is 0. The van der Waals surface area contributed by atoms with Gasteiger partial charge in [0.15, 0.2) is 0 Å². The zero-order chi connectivity index (χ0) is 14.8. The molecule has 0 aromatic rings. The van der Waals surface area contributed by atoms with E-state index in [-0.39, 0.29) is 37.6 Å². The molecule has 0 aliphatic rings. The zero-order valence-electron chi connectivity index (χ0n) is 12.3. The Labute approximate surface area is 138 Å². The van der Waals surface area contributed by atoms with Gasteiger partial charge in [-0.25, -0.2) is 4.18 Å². The molecule has 19 heavy (non-hydrogen) atoms. The van der Waals surface area contributed by atoms with Crippen molar-refractivity contribution in [1.29, 1.82) is 0 Å². The molecule has 0 saturated carbocycles. The van der Waals surface area contributed by atoms with Crippen LogP contribution in [0.25, 0.3) is 0 Å². The normalized spacial score (nSPS) is 11.5. The average molecular weight is 332 g/mol. The van der Waals surface area contributed by atoms with Crippen molar-refractivity contribution >= 4 is 20.8 Å². The zero-order valence-corrected chi connectivity index (χ0v) is 14.9. The summed E-state index contributed by atoms with van der Waals surface area (Å²) in [6, 6.07) is 0. The van der Waals surface area contributed by atoms with Crippen molar-refractivity contribution in [3.8, 4) is 0 Å². The van der Waals surface area contributed by atoms with Crippen molar-refractivity contribution in [1.82, 2.24) is 0 Å². The molecule has 0 saturated heterocycles. The number of hydrogen-bond donors (Lipinski definition) is 3. The van der Waals surface area contributed by atoms with E-state index < -0.39 is 20.8 Å².